The summed E-state index contributed by atoms with van der Waals surface area (Å²) in [4.78, 5) is 12.2. The van der Waals surface area contributed by atoms with Crippen molar-refractivity contribution >= 4 is 5.97 Å². The highest BCUT2D eigenvalue weighted by Gasteiger charge is 2.11. The van der Waals surface area contributed by atoms with Crippen LogP contribution in [0.1, 0.15) is 47.7 Å². The van der Waals surface area contributed by atoms with Crippen molar-refractivity contribution in [1.29, 1.82) is 0 Å². The highest BCUT2D eigenvalue weighted by atomic mass is 16.5. The Bertz CT molecular complexity index is 663. The lowest BCUT2D eigenvalue weighted by Gasteiger charge is -2.06. The lowest BCUT2D eigenvalue weighted by Crippen LogP contribution is -2.07. The van der Waals surface area contributed by atoms with Crippen molar-refractivity contribution in [2.45, 2.75) is 32.8 Å². The Hall–Kier alpha value is -2.53. The minimum Gasteiger partial charge on any atom is -0.457 e. The molecule has 0 fully saturated rings. The van der Waals surface area contributed by atoms with Crippen LogP contribution in [0.5, 0.6) is 0 Å². The number of hydrogen-bond donors (Lipinski definition) is 0. The standard InChI is InChI=1S/C20H20O2/c1-2-3-4-8-13-18-14-9-10-15-19(18)20(21)22-16-17-11-6-5-7-12-17/h5-7,9-12,14-15H,2-4,16H2,1H3. The van der Waals surface area contributed by atoms with Crippen LogP contribution in [0.2, 0.25) is 0 Å². The van der Waals surface area contributed by atoms with E-state index in [1.807, 2.05) is 48.5 Å². The quantitative estimate of drug-likeness (QED) is 0.458. The Morgan fingerprint density at radius 3 is 2.55 bits per heavy atom. The molecule has 2 nitrogen and oxygen atoms in total. The van der Waals surface area contributed by atoms with E-state index in [2.05, 4.69) is 18.8 Å². The third-order valence-electron chi connectivity index (χ3n) is 3.24. The van der Waals surface area contributed by atoms with Gasteiger partial charge < -0.3 is 4.74 Å². The zero-order chi connectivity index (χ0) is 15.6. The van der Waals surface area contributed by atoms with E-state index in [9.17, 15) is 4.79 Å². The smallest absolute Gasteiger partial charge is 0.339 e. The zero-order valence-electron chi connectivity index (χ0n) is 12.8. The molecule has 0 bridgehead atoms. The van der Waals surface area contributed by atoms with Crippen LogP contribution in [0.25, 0.3) is 0 Å². The van der Waals surface area contributed by atoms with Gasteiger partial charge in [-0.2, -0.15) is 0 Å². The van der Waals surface area contributed by atoms with E-state index in [1.165, 1.54) is 0 Å². The van der Waals surface area contributed by atoms with E-state index in [-0.39, 0.29) is 12.6 Å². The lowest BCUT2D eigenvalue weighted by atomic mass is 10.1. The van der Waals surface area contributed by atoms with Crippen LogP contribution in [0.3, 0.4) is 0 Å². The van der Waals surface area contributed by atoms with E-state index in [1.54, 1.807) is 6.07 Å². The molecule has 0 amide bonds. The molecule has 0 saturated heterocycles. The summed E-state index contributed by atoms with van der Waals surface area (Å²) in [6.07, 6.45) is 3.05. The van der Waals surface area contributed by atoms with Crippen LogP contribution < -0.4 is 0 Å². The van der Waals surface area contributed by atoms with Gasteiger partial charge in [-0.15, -0.1) is 0 Å². The molecule has 2 aromatic rings. The first-order chi connectivity index (χ1) is 10.8. The highest BCUT2D eigenvalue weighted by molar-refractivity contribution is 5.92. The van der Waals surface area contributed by atoms with Crippen LogP contribution in [-0.2, 0) is 11.3 Å². The lowest BCUT2D eigenvalue weighted by molar-refractivity contribution is 0.0472. The van der Waals surface area contributed by atoms with Gasteiger partial charge in [-0.3, -0.25) is 0 Å². The Balaban J connectivity index is 2.04. The molecule has 0 spiro atoms. The van der Waals surface area contributed by atoms with Crippen LogP contribution >= 0.6 is 0 Å². The average Bonchev–Trinajstić information content (AvgIpc) is 2.58. The number of ether oxygens (including phenoxy) is 1. The van der Waals surface area contributed by atoms with Gasteiger partial charge in [0, 0.05) is 12.0 Å². The van der Waals surface area contributed by atoms with Gasteiger partial charge in [-0.05, 0) is 24.1 Å². The Morgan fingerprint density at radius 2 is 1.77 bits per heavy atom. The molecular weight excluding hydrogens is 272 g/mol. The van der Waals surface area contributed by atoms with Crippen LogP contribution in [0.4, 0.5) is 0 Å². The summed E-state index contributed by atoms with van der Waals surface area (Å²) in [6, 6.07) is 17.0. The maximum absolute atomic E-state index is 12.2. The van der Waals surface area contributed by atoms with E-state index >= 15 is 0 Å². The number of benzene rings is 2. The molecule has 0 aliphatic heterocycles. The summed E-state index contributed by atoms with van der Waals surface area (Å²) in [7, 11) is 0. The first-order valence-corrected chi connectivity index (χ1v) is 7.60. The number of unbranched alkanes of at least 4 members (excludes halogenated alkanes) is 2. The van der Waals surface area contributed by atoms with Crippen LogP contribution in [0, 0.1) is 11.8 Å². The predicted molar refractivity (Wildman–Crippen MR) is 88.4 cm³/mol. The second-order valence-corrected chi connectivity index (χ2v) is 5.01. The summed E-state index contributed by atoms with van der Waals surface area (Å²) in [6.45, 7) is 2.41. The third kappa shape index (κ3) is 4.79. The maximum atomic E-state index is 12.2. The average molecular weight is 292 g/mol. The fourth-order valence-corrected chi connectivity index (χ4v) is 1.99. The van der Waals surface area contributed by atoms with Crippen molar-refractivity contribution in [2.75, 3.05) is 0 Å². The van der Waals surface area contributed by atoms with Crippen molar-refractivity contribution in [1.82, 2.24) is 0 Å². The van der Waals surface area contributed by atoms with E-state index in [0.717, 1.165) is 30.4 Å². The summed E-state index contributed by atoms with van der Waals surface area (Å²) < 4.78 is 5.38. The number of hydrogen-bond acceptors (Lipinski definition) is 2. The fourth-order valence-electron chi connectivity index (χ4n) is 1.99. The van der Waals surface area contributed by atoms with Crippen molar-refractivity contribution in [3.05, 3.63) is 71.3 Å². The first-order valence-electron chi connectivity index (χ1n) is 7.60. The van der Waals surface area contributed by atoms with Gasteiger partial charge in [0.1, 0.15) is 6.61 Å². The SMILES string of the molecule is CCCCC#Cc1ccccc1C(=O)OCc1ccccc1. The first kappa shape index (κ1) is 15.9. The molecule has 0 atom stereocenters. The molecule has 112 valence electrons. The maximum Gasteiger partial charge on any atom is 0.339 e. The number of rotatable bonds is 5. The molecule has 22 heavy (non-hydrogen) atoms. The molecule has 0 aliphatic carbocycles. The fraction of sp³-hybridized carbons (Fsp3) is 0.250. The topological polar surface area (TPSA) is 26.3 Å². The van der Waals surface area contributed by atoms with Gasteiger partial charge in [-0.1, -0.05) is 67.6 Å². The van der Waals surface area contributed by atoms with E-state index in [4.69, 9.17) is 4.74 Å². The Morgan fingerprint density at radius 1 is 1.05 bits per heavy atom. The number of carbonyl (C=O) groups is 1. The molecule has 0 heterocycles. The molecule has 2 rings (SSSR count). The second-order valence-electron chi connectivity index (χ2n) is 5.01. The normalized spacial score (nSPS) is 9.68. The molecule has 0 saturated carbocycles. The Labute approximate surface area is 132 Å². The third-order valence-corrected chi connectivity index (χ3v) is 3.24. The summed E-state index contributed by atoms with van der Waals surface area (Å²) in [5.41, 5.74) is 2.24. The van der Waals surface area contributed by atoms with E-state index < -0.39 is 0 Å². The van der Waals surface area contributed by atoms with Gasteiger partial charge in [-0.25, -0.2) is 4.79 Å². The van der Waals surface area contributed by atoms with Gasteiger partial charge in [0.25, 0.3) is 0 Å². The van der Waals surface area contributed by atoms with Crippen molar-refractivity contribution < 1.29 is 9.53 Å². The number of carbonyl (C=O) groups excluding carboxylic acids is 1. The zero-order valence-corrected chi connectivity index (χ0v) is 12.8. The predicted octanol–water partition coefficient (Wildman–Crippen LogP) is 4.59. The minimum atomic E-state index is -0.329. The van der Waals surface area contributed by atoms with Gasteiger partial charge in [0.2, 0.25) is 0 Å². The van der Waals surface area contributed by atoms with Gasteiger partial charge in [0.05, 0.1) is 5.56 Å². The van der Waals surface area contributed by atoms with Gasteiger partial charge in [0.15, 0.2) is 0 Å². The molecule has 0 aromatic heterocycles. The number of esters is 1. The molecule has 2 aromatic carbocycles. The molecule has 0 unspecified atom stereocenters. The second kappa shape index (κ2) is 8.69. The van der Waals surface area contributed by atoms with Crippen molar-refractivity contribution in [2.24, 2.45) is 0 Å². The summed E-state index contributed by atoms with van der Waals surface area (Å²) in [5, 5.41) is 0. The summed E-state index contributed by atoms with van der Waals surface area (Å²) in [5.74, 6) is 5.86. The summed E-state index contributed by atoms with van der Waals surface area (Å²) >= 11 is 0. The largest absolute Gasteiger partial charge is 0.457 e. The molecule has 0 aliphatic rings. The Kier molecular flexibility index (Phi) is 6.26. The molecule has 0 N–H and O–H groups in total. The monoisotopic (exact) mass is 292 g/mol. The van der Waals surface area contributed by atoms with Crippen LogP contribution in [-0.4, -0.2) is 5.97 Å². The van der Waals surface area contributed by atoms with E-state index in [0.29, 0.717) is 5.56 Å². The minimum absolute atomic E-state index is 0.275. The van der Waals surface area contributed by atoms with Crippen molar-refractivity contribution in [3.63, 3.8) is 0 Å². The molecule has 2 heteroatoms. The van der Waals surface area contributed by atoms with Gasteiger partial charge >= 0.3 is 5.97 Å². The van der Waals surface area contributed by atoms with Crippen molar-refractivity contribution in [3.8, 4) is 11.8 Å². The highest BCUT2D eigenvalue weighted by Crippen LogP contribution is 2.11. The molecular formula is C20H20O2. The van der Waals surface area contributed by atoms with Crippen LogP contribution in [0.15, 0.2) is 54.6 Å². The molecule has 0 radical (unpaired) electrons.